The Hall–Kier alpha value is -1.30. The molecule has 2 heterocycles. The van der Waals surface area contributed by atoms with Gasteiger partial charge in [-0.05, 0) is 23.8 Å². The third kappa shape index (κ3) is 4.41. The van der Waals surface area contributed by atoms with Crippen LogP contribution in [0.3, 0.4) is 0 Å². The average molecular weight is 345 g/mol. The Morgan fingerprint density at radius 3 is 2.38 bits per heavy atom. The van der Waals surface area contributed by atoms with Gasteiger partial charge < -0.3 is 5.32 Å². The number of hydrogen-bond donors (Lipinski definition) is 1. The molecular formula is C19H28N4S. The molecule has 1 N–H and O–H groups in total. The fourth-order valence-electron chi connectivity index (χ4n) is 3.76. The molecule has 24 heavy (non-hydrogen) atoms. The summed E-state index contributed by atoms with van der Waals surface area (Å²) in [6, 6.07) is 11.3. The topological polar surface area (TPSA) is 41.1 Å². The van der Waals surface area contributed by atoms with Crippen LogP contribution in [0.1, 0.15) is 36.3 Å². The Morgan fingerprint density at radius 1 is 1.08 bits per heavy atom. The average Bonchev–Trinajstić information content (AvgIpc) is 3.03. The molecule has 1 aromatic heterocycles. The summed E-state index contributed by atoms with van der Waals surface area (Å²) in [5.41, 5.74) is 1.41. The lowest BCUT2D eigenvalue weighted by atomic mass is 9.85. The first-order valence-corrected chi connectivity index (χ1v) is 9.78. The number of piperidine rings is 1. The van der Waals surface area contributed by atoms with E-state index in [4.69, 9.17) is 0 Å². The van der Waals surface area contributed by atoms with Crippen LogP contribution in [0, 0.1) is 11.8 Å². The first-order valence-electron chi connectivity index (χ1n) is 8.96. The van der Waals surface area contributed by atoms with Crippen LogP contribution in [0.25, 0.3) is 0 Å². The molecule has 0 bridgehead atoms. The van der Waals surface area contributed by atoms with Gasteiger partial charge in [-0.25, -0.2) is 0 Å². The van der Waals surface area contributed by atoms with Gasteiger partial charge in [0.1, 0.15) is 10.0 Å². The Morgan fingerprint density at radius 2 is 1.75 bits per heavy atom. The first kappa shape index (κ1) is 17.5. The Labute approximate surface area is 149 Å². The van der Waals surface area contributed by atoms with Gasteiger partial charge in [0.05, 0.1) is 0 Å². The van der Waals surface area contributed by atoms with Crippen molar-refractivity contribution in [1.82, 2.24) is 20.4 Å². The number of rotatable bonds is 6. The van der Waals surface area contributed by atoms with Crippen molar-refractivity contribution in [3.63, 3.8) is 0 Å². The molecule has 0 saturated carbocycles. The van der Waals surface area contributed by atoms with E-state index in [0.717, 1.165) is 42.6 Å². The van der Waals surface area contributed by atoms with Crippen LogP contribution < -0.4 is 5.32 Å². The zero-order valence-corrected chi connectivity index (χ0v) is 15.7. The predicted molar refractivity (Wildman–Crippen MR) is 100.0 cm³/mol. The van der Waals surface area contributed by atoms with Crippen molar-refractivity contribution < 1.29 is 0 Å². The van der Waals surface area contributed by atoms with Crippen LogP contribution in [0.4, 0.5) is 0 Å². The summed E-state index contributed by atoms with van der Waals surface area (Å²) in [7, 11) is 0. The van der Waals surface area contributed by atoms with Crippen LogP contribution in [-0.2, 0) is 19.5 Å². The molecular weight excluding hydrogens is 316 g/mol. The Kier molecular flexibility index (Phi) is 5.98. The van der Waals surface area contributed by atoms with E-state index in [1.165, 1.54) is 5.56 Å². The van der Waals surface area contributed by atoms with E-state index in [1.54, 1.807) is 11.3 Å². The van der Waals surface area contributed by atoms with E-state index in [9.17, 15) is 0 Å². The fraction of sp³-hybridized carbons (Fsp3) is 0.579. The zero-order valence-electron chi connectivity index (χ0n) is 14.9. The van der Waals surface area contributed by atoms with Gasteiger partial charge in [0.2, 0.25) is 0 Å². The van der Waals surface area contributed by atoms with E-state index in [2.05, 4.69) is 71.5 Å². The smallest absolute Gasteiger partial charge is 0.131 e. The van der Waals surface area contributed by atoms with Gasteiger partial charge in [0, 0.05) is 32.2 Å². The van der Waals surface area contributed by atoms with Gasteiger partial charge in [-0.2, -0.15) is 0 Å². The second-order valence-corrected chi connectivity index (χ2v) is 8.13. The Balaban J connectivity index is 1.53. The minimum Gasteiger partial charge on any atom is -0.307 e. The van der Waals surface area contributed by atoms with Crippen molar-refractivity contribution in [2.45, 2.75) is 46.3 Å². The summed E-state index contributed by atoms with van der Waals surface area (Å²) >= 11 is 1.73. The summed E-state index contributed by atoms with van der Waals surface area (Å²) in [6.45, 7) is 11.0. The standard InChI is InChI=1S/C19H28N4S/c1-4-17-21-22-18(24-17)10-20-19-14(2)11-23(12-15(19)3)13-16-8-6-5-7-9-16/h5-9,14-15,19-20H,4,10-13H2,1-3H3/t14-,15-/m1/s1. The monoisotopic (exact) mass is 344 g/mol. The van der Waals surface area contributed by atoms with Crippen LogP contribution >= 0.6 is 11.3 Å². The van der Waals surface area contributed by atoms with E-state index >= 15 is 0 Å². The highest BCUT2D eigenvalue weighted by Gasteiger charge is 2.31. The van der Waals surface area contributed by atoms with E-state index in [-0.39, 0.29) is 0 Å². The number of aryl methyl sites for hydroxylation is 1. The van der Waals surface area contributed by atoms with Crippen LogP contribution in [-0.4, -0.2) is 34.2 Å². The lowest BCUT2D eigenvalue weighted by molar-refractivity contribution is 0.0939. The normalized spacial score (nSPS) is 22.8. The third-order valence-electron chi connectivity index (χ3n) is 4.87. The maximum atomic E-state index is 4.29. The number of likely N-dealkylation sites (tertiary alicyclic amines) is 1. The maximum Gasteiger partial charge on any atom is 0.131 e. The molecule has 1 aliphatic rings. The van der Waals surface area contributed by atoms with Crippen LogP contribution in [0.5, 0.6) is 0 Å². The van der Waals surface area contributed by atoms with Gasteiger partial charge >= 0.3 is 0 Å². The van der Waals surface area contributed by atoms with Gasteiger partial charge in [-0.15, -0.1) is 21.5 Å². The first-order chi connectivity index (χ1) is 11.7. The minimum absolute atomic E-state index is 0.547. The SMILES string of the molecule is CCc1nnc(CNC2[C@H](C)CN(Cc3ccccc3)C[C@H]2C)s1. The molecule has 2 atom stereocenters. The van der Waals surface area contributed by atoms with Gasteiger partial charge in [-0.1, -0.05) is 51.1 Å². The number of nitrogens with zero attached hydrogens (tertiary/aromatic N) is 3. The molecule has 130 valence electrons. The van der Waals surface area contributed by atoms with Gasteiger partial charge in [-0.3, -0.25) is 4.90 Å². The van der Waals surface area contributed by atoms with Crippen molar-refractivity contribution >= 4 is 11.3 Å². The summed E-state index contributed by atoms with van der Waals surface area (Å²) < 4.78 is 0. The summed E-state index contributed by atoms with van der Waals surface area (Å²) in [6.07, 6.45) is 0.975. The fourth-order valence-corrected chi connectivity index (χ4v) is 4.49. The quantitative estimate of drug-likeness (QED) is 0.872. The van der Waals surface area contributed by atoms with Crippen LogP contribution in [0.2, 0.25) is 0 Å². The van der Waals surface area contributed by atoms with Crippen molar-refractivity contribution in [2.75, 3.05) is 13.1 Å². The molecule has 2 aromatic rings. The second-order valence-electron chi connectivity index (χ2n) is 6.98. The van der Waals surface area contributed by atoms with Crippen molar-refractivity contribution in [1.29, 1.82) is 0 Å². The van der Waals surface area contributed by atoms with Gasteiger partial charge in [0.15, 0.2) is 0 Å². The summed E-state index contributed by atoms with van der Waals surface area (Å²) in [4.78, 5) is 2.59. The molecule has 4 nitrogen and oxygen atoms in total. The van der Waals surface area contributed by atoms with E-state index < -0.39 is 0 Å². The summed E-state index contributed by atoms with van der Waals surface area (Å²) in [5.74, 6) is 1.27. The van der Waals surface area contributed by atoms with Crippen molar-refractivity contribution in [3.8, 4) is 0 Å². The highest BCUT2D eigenvalue weighted by atomic mass is 32.1. The molecule has 0 aliphatic carbocycles. The second kappa shape index (κ2) is 8.19. The molecule has 0 radical (unpaired) electrons. The lowest BCUT2D eigenvalue weighted by Crippen LogP contribution is -2.52. The predicted octanol–water partition coefficient (Wildman–Crippen LogP) is 3.35. The molecule has 1 aromatic carbocycles. The molecule has 1 fully saturated rings. The van der Waals surface area contributed by atoms with Crippen molar-refractivity contribution in [3.05, 3.63) is 45.9 Å². The summed E-state index contributed by atoms with van der Waals surface area (Å²) in [5, 5.41) is 14.5. The number of benzene rings is 1. The molecule has 3 rings (SSSR count). The molecule has 0 spiro atoms. The molecule has 1 aliphatic heterocycles. The highest BCUT2D eigenvalue weighted by Crippen LogP contribution is 2.24. The number of hydrogen-bond acceptors (Lipinski definition) is 5. The largest absolute Gasteiger partial charge is 0.307 e. The maximum absolute atomic E-state index is 4.29. The van der Waals surface area contributed by atoms with Crippen molar-refractivity contribution in [2.24, 2.45) is 11.8 Å². The molecule has 0 amide bonds. The third-order valence-corrected chi connectivity index (χ3v) is 5.94. The van der Waals surface area contributed by atoms with Gasteiger partial charge in [0.25, 0.3) is 0 Å². The number of nitrogens with one attached hydrogen (secondary N) is 1. The Bertz CT molecular complexity index is 615. The lowest BCUT2D eigenvalue weighted by Gasteiger charge is -2.42. The van der Waals surface area contributed by atoms with E-state index in [0.29, 0.717) is 17.9 Å². The molecule has 0 unspecified atom stereocenters. The number of aromatic nitrogens is 2. The highest BCUT2D eigenvalue weighted by molar-refractivity contribution is 7.11. The van der Waals surface area contributed by atoms with E-state index in [1.807, 2.05) is 0 Å². The zero-order chi connectivity index (χ0) is 16.9. The van der Waals surface area contributed by atoms with Crippen LogP contribution in [0.15, 0.2) is 30.3 Å². The molecule has 1 saturated heterocycles. The molecule has 5 heteroatoms. The minimum atomic E-state index is 0.547.